The third kappa shape index (κ3) is 3.45. The number of nitrogens with one attached hydrogen (secondary N) is 1. The highest BCUT2D eigenvalue weighted by Gasteiger charge is 2.31. The first-order valence-electron chi connectivity index (χ1n) is 10.8. The number of hydrogen-bond donors (Lipinski definition) is 1. The van der Waals surface area contributed by atoms with Gasteiger partial charge in [-0.25, -0.2) is 4.98 Å². The summed E-state index contributed by atoms with van der Waals surface area (Å²) in [5.41, 5.74) is 4.71. The van der Waals surface area contributed by atoms with E-state index < -0.39 is 0 Å². The van der Waals surface area contributed by atoms with Crippen LogP contribution >= 0.6 is 0 Å². The van der Waals surface area contributed by atoms with Crippen molar-refractivity contribution in [2.24, 2.45) is 5.92 Å². The quantitative estimate of drug-likeness (QED) is 0.873. The van der Waals surface area contributed by atoms with Crippen LogP contribution in [0.2, 0.25) is 0 Å². The van der Waals surface area contributed by atoms with Crippen LogP contribution in [-0.4, -0.2) is 39.4 Å². The average molecular weight is 393 g/mol. The summed E-state index contributed by atoms with van der Waals surface area (Å²) in [7, 11) is 0. The minimum absolute atomic E-state index is 0.0552. The van der Waals surface area contributed by atoms with Crippen molar-refractivity contribution in [1.29, 1.82) is 0 Å². The van der Waals surface area contributed by atoms with Crippen molar-refractivity contribution in [2.75, 3.05) is 13.1 Å². The number of piperidine rings is 1. The molecule has 1 aromatic heterocycles. The highest BCUT2D eigenvalue weighted by atomic mass is 16.2. The van der Waals surface area contributed by atoms with Gasteiger partial charge in [0.25, 0.3) is 0 Å². The molecule has 1 aliphatic carbocycles. The molecule has 3 aliphatic rings. The number of rotatable bonds is 3. The van der Waals surface area contributed by atoms with Crippen LogP contribution in [0.15, 0.2) is 24.4 Å². The van der Waals surface area contributed by atoms with E-state index in [4.69, 9.17) is 4.98 Å². The molecule has 5 rings (SSSR count). The summed E-state index contributed by atoms with van der Waals surface area (Å²) in [6, 6.07) is 6.63. The SMILES string of the molecule is CC(=O)N1CCCC(C(=O)NC2CCc3ccc(-c4cn5c(n4)CCC5)cc32)C1. The lowest BCUT2D eigenvalue weighted by atomic mass is 9.96. The highest BCUT2D eigenvalue weighted by Crippen LogP contribution is 2.35. The number of hydrogen-bond acceptors (Lipinski definition) is 3. The number of carbonyl (C=O) groups excluding carboxylic acids is 2. The fraction of sp³-hybridized carbons (Fsp3) is 0.522. The van der Waals surface area contributed by atoms with Gasteiger partial charge in [0.15, 0.2) is 0 Å². The maximum absolute atomic E-state index is 12.9. The van der Waals surface area contributed by atoms with E-state index in [-0.39, 0.29) is 23.8 Å². The summed E-state index contributed by atoms with van der Waals surface area (Å²) >= 11 is 0. The van der Waals surface area contributed by atoms with Gasteiger partial charge in [-0.15, -0.1) is 0 Å². The van der Waals surface area contributed by atoms with Crippen molar-refractivity contribution in [1.82, 2.24) is 19.8 Å². The van der Waals surface area contributed by atoms with E-state index in [1.807, 2.05) is 0 Å². The third-order valence-corrected chi connectivity index (χ3v) is 6.73. The Hall–Kier alpha value is -2.63. The zero-order valence-corrected chi connectivity index (χ0v) is 17.0. The van der Waals surface area contributed by atoms with E-state index in [2.05, 4.69) is 34.3 Å². The van der Waals surface area contributed by atoms with E-state index in [0.717, 1.165) is 56.5 Å². The monoisotopic (exact) mass is 392 g/mol. The summed E-state index contributed by atoms with van der Waals surface area (Å²) in [5, 5.41) is 3.28. The van der Waals surface area contributed by atoms with Gasteiger partial charge in [0, 0.05) is 44.7 Å². The first-order chi connectivity index (χ1) is 14.1. The second kappa shape index (κ2) is 7.32. The number of fused-ring (bicyclic) bond motifs is 2. The van der Waals surface area contributed by atoms with Gasteiger partial charge in [0.05, 0.1) is 17.7 Å². The molecule has 0 bridgehead atoms. The number of benzene rings is 1. The van der Waals surface area contributed by atoms with Crippen molar-refractivity contribution >= 4 is 11.8 Å². The number of aromatic nitrogens is 2. The maximum Gasteiger partial charge on any atom is 0.225 e. The largest absolute Gasteiger partial charge is 0.349 e. The number of likely N-dealkylation sites (tertiary alicyclic amines) is 1. The van der Waals surface area contributed by atoms with Gasteiger partial charge in [-0.05, 0) is 49.3 Å². The Morgan fingerprint density at radius 1 is 1.14 bits per heavy atom. The van der Waals surface area contributed by atoms with Crippen molar-refractivity contribution < 1.29 is 9.59 Å². The van der Waals surface area contributed by atoms with E-state index in [0.29, 0.717) is 6.54 Å². The van der Waals surface area contributed by atoms with Crippen molar-refractivity contribution in [2.45, 2.75) is 58.0 Å². The normalized spacial score (nSPS) is 23.0. The fourth-order valence-electron chi connectivity index (χ4n) is 5.07. The van der Waals surface area contributed by atoms with Crippen LogP contribution < -0.4 is 5.32 Å². The number of carbonyl (C=O) groups is 2. The Balaban J connectivity index is 1.32. The maximum atomic E-state index is 12.9. The van der Waals surface area contributed by atoms with Crippen LogP contribution in [0.5, 0.6) is 0 Å². The molecule has 1 aromatic carbocycles. The van der Waals surface area contributed by atoms with Gasteiger partial charge < -0.3 is 14.8 Å². The predicted molar refractivity (Wildman–Crippen MR) is 110 cm³/mol. The molecule has 3 heterocycles. The minimum Gasteiger partial charge on any atom is -0.349 e. The van der Waals surface area contributed by atoms with Gasteiger partial charge in [0.1, 0.15) is 5.82 Å². The molecule has 0 saturated carbocycles. The molecule has 1 fully saturated rings. The molecule has 0 spiro atoms. The van der Waals surface area contributed by atoms with Gasteiger partial charge >= 0.3 is 0 Å². The number of aryl methyl sites for hydroxylation is 3. The number of imidazole rings is 1. The Labute approximate surface area is 171 Å². The van der Waals surface area contributed by atoms with E-state index >= 15 is 0 Å². The molecule has 2 unspecified atom stereocenters. The lowest BCUT2D eigenvalue weighted by molar-refractivity contribution is -0.134. The summed E-state index contributed by atoms with van der Waals surface area (Å²) in [6.45, 7) is 3.95. The van der Waals surface area contributed by atoms with E-state index in [9.17, 15) is 9.59 Å². The van der Waals surface area contributed by atoms with Gasteiger partial charge in [-0.3, -0.25) is 9.59 Å². The Morgan fingerprint density at radius 2 is 2.03 bits per heavy atom. The third-order valence-electron chi connectivity index (χ3n) is 6.73. The molecule has 29 heavy (non-hydrogen) atoms. The molecule has 2 amide bonds. The van der Waals surface area contributed by atoms with Gasteiger partial charge in [-0.2, -0.15) is 0 Å². The first kappa shape index (κ1) is 18.4. The second-order valence-corrected chi connectivity index (χ2v) is 8.66. The van der Waals surface area contributed by atoms with Gasteiger partial charge in [0.2, 0.25) is 11.8 Å². The van der Waals surface area contributed by atoms with Crippen LogP contribution in [-0.2, 0) is 29.0 Å². The summed E-state index contributed by atoms with van der Waals surface area (Å²) in [6.07, 6.45) is 8.08. The van der Waals surface area contributed by atoms with Crippen LogP contribution in [0.3, 0.4) is 0 Å². The minimum atomic E-state index is -0.101. The summed E-state index contributed by atoms with van der Waals surface area (Å²) in [5.74, 6) is 1.22. The molecule has 2 aliphatic heterocycles. The van der Waals surface area contributed by atoms with Crippen LogP contribution in [0.25, 0.3) is 11.3 Å². The molecule has 1 saturated heterocycles. The van der Waals surface area contributed by atoms with E-state index in [1.54, 1.807) is 11.8 Å². The van der Waals surface area contributed by atoms with Crippen LogP contribution in [0, 0.1) is 5.92 Å². The van der Waals surface area contributed by atoms with Crippen molar-refractivity contribution in [3.63, 3.8) is 0 Å². The molecule has 2 atom stereocenters. The van der Waals surface area contributed by atoms with E-state index in [1.165, 1.54) is 23.4 Å². The predicted octanol–water partition coefficient (Wildman–Crippen LogP) is 2.86. The van der Waals surface area contributed by atoms with Crippen LogP contribution in [0.1, 0.15) is 55.6 Å². The summed E-state index contributed by atoms with van der Waals surface area (Å²) < 4.78 is 2.26. The lowest BCUT2D eigenvalue weighted by Gasteiger charge is -2.32. The molecular formula is C23H28N4O2. The smallest absolute Gasteiger partial charge is 0.225 e. The highest BCUT2D eigenvalue weighted by molar-refractivity contribution is 5.81. The Kier molecular flexibility index (Phi) is 4.64. The molecule has 2 aromatic rings. The van der Waals surface area contributed by atoms with Crippen molar-refractivity contribution in [3.8, 4) is 11.3 Å². The second-order valence-electron chi connectivity index (χ2n) is 8.66. The molecule has 1 N–H and O–H groups in total. The van der Waals surface area contributed by atoms with Crippen LogP contribution in [0.4, 0.5) is 0 Å². The average Bonchev–Trinajstić information content (AvgIpc) is 3.43. The first-order valence-corrected chi connectivity index (χ1v) is 10.8. The molecule has 0 radical (unpaired) electrons. The Bertz CT molecular complexity index is 942. The molecule has 6 nitrogen and oxygen atoms in total. The fourth-order valence-corrected chi connectivity index (χ4v) is 5.07. The Morgan fingerprint density at radius 3 is 2.86 bits per heavy atom. The molecule has 6 heteroatoms. The molecular weight excluding hydrogens is 364 g/mol. The summed E-state index contributed by atoms with van der Waals surface area (Å²) in [4.78, 5) is 31.2. The number of amides is 2. The topological polar surface area (TPSA) is 67.2 Å². The standard InChI is InChI=1S/C23H28N4O2/c1-15(28)26-10-2-4-18(13-26)23(29)25-20-9-8-16-6-7-17(12-19(16)20)21-14-27-11-3-5-22(27)24-21/h6-7,12,14,18,20H,2-5,8-11,13H2,1H3,(H,25,29). The van der Waals surface area contributed by atoms with Gasteiger partial charge in [-0.1, -0.05) is 12.1 Å². The zero-order valence-electron chi connectivity index (χ0n) is 17.0. The molecule has 152 valence electrons. The zero-order chi connectivity index (χ0) is 20.0. The number of nitrogens with zero attached hydrogens (tertiary/aromatic N) is 3. The lowest BCUT2D eigenvalue weighted by Crippen LogP contribution is -2.45. The van der Waals surface area contributed by atoms with Crippen molar-refractivity contribution in [3.05, 3.63) is 41.3 Å².